The maximum absolute atomic E-state index is 13.1. The molecule has 0 saturated heterocycles. The topological polar surface area (TPSA) is 63.6 Å². The van der Waals surface area contributed by atoms with Gasteiger partial charge in [-0.25, -0.2) is 4.79 Å². The summed E-state index contributed by atoms with van der Waals surface area (Å²) in [5.74, 6) is -0.0922. The summed E-state index contributed by atoms with van der Waals surface area (Å²) in [5, 5.41) is 9.99. The predicted octanol–water partition coefficient (Wildman–Crippen LogP) is 3.33. The summed E-state index contributed by atoms with van der Waals surface area (Å²) in [6.07, 6.45) is 4.68. The molecular weight excluding hydrogens is 300 g/mol. The number of hydrogen-bond acceptors (Lipinski definition) is 4. The number of esters is 1. The van der Waals surface area contributed by atoms with Crippen LogP contribution < -0.4 is 0 Å². The molecule has 0 aliphatic carbocycles. The Morgan fingerprint density at radius 1 is 1.36 bits per heavy atom. The van der Waals surface area contributed by atoms with E-state index >= 15 is 0 Å². The van der Waals surface area contributed by atoms with Crippen molar-refractivity contribution in [3.05, 3.63) is 52.6 Å². The minimum Gasteiger partial charge on any atom is -0.507 e. The Morgan fingerprint density at radius 2 is 2.09 bits per heavy atom. The van der Waals surface area contributed by atoms with Crippen LogP contribution in [0.15, 0.2) is 47.1 Å². The molecule has 1 N–H and O–H groups in total. The van der Waals surface area contributed by atoms with Crippen molar-refractivity contribution in [2.45, 2.75) is 19.8 Å². The highest BCUT2D eigenvalue weighted by molar-refractivity contribution is 8.07. The van der Waals surface area contributed by atoms with Crippen LogP contribution in [0.4, 0.5) is 0 Å². The Balaban J connectivity index is 2.19. The Bertz CT molecular complexity index is 631. The largest absolute Gasteiger partial charge is 0.507 e. The van der Waals surface area contributed by atoms with Gasteiger partial charge in [0.1, 0.15) is 21.4 Å². The third-order valence-electron chi connectivity index (χ3n) is 3.46. The van der Waals surface area contributed by atoms with E-state index in [9.17, 15) is 14.1 Å². The SMILES string of the molecule is CCOC(=O)C1=C(O)CCC[S+]1(=O)C/C=C/c1ccccc1. The molecule has 0 radical (unpaired) electrons. The number of carbonyl (C=O) groups is 1. The van der Waals surface area contributed by atoms with Crippen molar-refractivity contribution in [1.29, 1.82) is 0 Å². The molecule has 1 aromatic carbocycles. The van der Waals surface area contributed by atoms with Crippen LogP contribution in [0.25, 0.3) is 6.08 Å². The van der Waals surface area contributed by atoms with Gasteiger partial charge in [-0.15, -0.1) is 0 Å². The number of rotatable bonds is 5. The number of aliphatic hydroxyl groups is 1. The van der Waals surface area contributed by atoms with Gasteiger partial charge >= 0.3 is 5.97 Å². The molecule has 1 atom stereocenters. The summed E-state index contributed by atoms with van der Waals surface area (Å²) >= 11 is 0. The normalized spacial score (nSPS) is 22.0. The van der Waals surface area contributed by atoms with Crippen molar-refractivity contribution in [2.75, 3.05) is 18.1 Å². The standard InChI is InChI=1S/C17H20O4S/c1-2-21-17(19)16-15(18)11-7-13-22(16,20)12-6-10-14-8-4-3-5-9-14/h3-6,8-10H,2,7,11-13H2,1H3/p+1/b10-6+. The highest BCUT2D eigenvalue weighted by Crippen LogP contribution is 2.31. The summed E-state index contributed by atoms with van der Waals surface area (Å²) in [7, 11) is -2.60. The van der Waals surface area contributed by atoms with Gasteiger partial charge in [0.25, 0.3) is 4.91 Å². The number of ether oxygens (including phenoxy) is 1. The van der Waals surface area contributed by atoms with Crippen LogP contribution in [0.5, 0.6) is 0 Å². The fourth-order valence-corrected chi connectivity index (χ4v) is 4.89. The quantitative estimate of drug-likeness (QED) is 0.667. The zero-order chi connectivity index (χ0) is 16.0. The van der Waals surface area contributed by atoms with Crippen molar-refractivity contribution in [1.82, 2.24) is 0 Å². The first-order valence-electron chi connectivity index (χ1n) is 7.37. The predicted molar refractivity (Wildman–Crippen MR) is 88.8 cm³/mol. The average Bonchev–Trinajstić information content (AvgIpc) is 2.48. The van der Waals surface area contributed by atoms with Crippen molar-refractivity contribution in [2.24, 2.45) is 0 Å². The van der Waals surface area contributed by atoms with Crippen LogP contribution in [0.3, 0.4) is 0 Å². The van der Waals surface area contributed by atoms with Crippen LogP contribution in [-0.4, -0.2) is 29.2 Å². The van der Waals surface area contributed by atoms with E-state index in [-0.39, 0.29) is 23.0 Å². The lowest BCUT2D eigenvalue weighted by Gasteiger charge is -2.18. The maximum Gasteiger partial charge on any atom is 0.390 e. The summed E-state index contributed by atoms with van der Waals surface area (Å²) in [4.78, 5) is 12.0. The Morgan fingerprint density at radius 3 is 2.77 bits per heavy atom. The number of hydrogen-bond donors (Lipinski definition) is 1. The van der Waals surface area contributed by atoms with Crippen molar-refractivity contribution >= 4 is 22.0 Å². The third kappa shape index (κ3) is 3.85. The van der Waals surface area contributed by atoms with Crippen LogP contribution in [0, 0.1) is 0 Å². The second kappa shape index (κ2) is 7.40. The molecular formula is C17H21O4S+. The van der Waals surface area contributed by atoms with Crippen LogP contribution in [0.1, 0.15) is 25.3 Å². The van der Waals surface area contributed by atoms with Gasteiger partial charge in [0.05, 0.1) is 6.61 Å². The van der Waals surface area contributed by atoms with Gasteiger partial charge < -0.3 is 9.84 Å². The first-order valence-corrected chi connectivity index (χ1v) is 9.27. The Hall–Kier alpha value is -1.88. The van der Waals surface area contributed by atoms with E-state index in [2.05, 4.69) is 0 Å². The number of benzene rings is 1. The van der Waals surface area contributed by atoms with E-state index in [0.29, 0.717) is 18.6 Å². The Kier molecular flexibility index (Phi) is 5.55. The molecule has 1 aliphatic heterocycles. The molecule has 1 aromatic rings. The molecule has 1 aliphatic rings. The lowest BCUT2D eigenvalue weighted by molar-refractivity contribution is -0.137. The monoisotopic (exact) mass is 321 g/mol. The van der Waals surface area contributed by atoms with Crippen LogP contribution in [-0.2, 0) is 23.7 Å². The van der Waals surface area contributed by atoms with E-state index in [0.717, 1.165) is 5.56 Å². The van der Waals surface area contributed by atoms with Crippen LogP contribution in [0.2, 0.25) is 0 Å². The average molecular weight is 321 g/mol. The van der Waals surface area contributed by atoms with Crippen molar-refractivity contribution in [3.8, 4) is 0 Å². The van der Waals surface area contributed by atoms with Gasteiger partial charge in [-0.05, 0) is 25.0 Å². The van der Waals surface area contributed by atoms with E-state index in [1.807, 2.05) is 36.4 Å². The minimum absolute atomic E-state index is 0.0155. The molecule has 0 aromatic heterocycles. The molecule has 118 valence electrons. The van der Waals surface area contributed by atoms with Gasteiger partial charge in [0.15, 0.2) is 5.76 Å². The van der Waals surface area contributed by atoms with E-state index in [1.165, 1.54) is 0 Å². The molecule has 4 nitrogen and oxygen atoms in total. The molecule has 0 spiro atoms. The van der Waals surface area contributed by atoms with E-state index in [4.69, 9.17) is 4.74 Å². The maximum atomic E-state index is 13.1. The molecule has 2 rings (SSSR count). The molecule has 5 heteroatoms. The lowest BCUT2D eigenvalue weighted by Crippen LogP contribution is -2.32. The second-order valence-electron chi connectivity index (χ2n) is 5.10. The minimum atomic E-state index is -2.60. The Labute approximate surface area is 131 Å². The molecule has 0 fully saturated rings. The second-order valence-corrected chi connectivity index (χ2v) is 7.87. The number of carbonyl (C=O) groups excluding carboxylic acids is 1. The van der Waals surface area contributed by atoms with Crippen molar-refractivity contribution in [3.63, 3.8) is 0 Å². The highest BCUT2D eigenvalue weighted by atomic mass is 32.2. The zero-order valence-corrected chi connectivity index (χ0v) is 13.5. The van der Waals surface area contributed by atoms with Gasteiger partial charge in [-0.3, -0.25) is 0 Å². The fourth-order valence-electron chi connectivity index (χ4n) is 2.44. The van der Waals surface area contributed by atoms with Crippen molar-refractivity contribution < 1.29 is 18.8 Å². The summed E-state index contributed by atoms with van der Waals surface area (Å²) < 4.78 is 18.0. The molecule has 22 heavy (non-hydrogen) atoms. The first-order chi connectivity index (χ1) is 10.6. The highest BCUT2D eigenvalue weighted by Gasteiger charge is 2.44. The van der Waals surface area contributed by atoms with E-state index < -0.39 is 15.9 Å². The lowest BCUT2D eigenvalue weighted by atomic mass is 10.2. The third-order valence-corrected chi connectivity index (χ3v) is 6.28. The molecule has 0 bridgehead atoms. The molecule has 1 unspecified atom stereocenters. The molecule has 0 amide bonds. The fraction of sp³-hybridized carbons (Fsp3) is 0.353. The first kappa shape index (κ1) is 16.5. The zero-order valence-electron chi connectivity index (χ0n) is 12.7. The summed E-state index contributed by atoms with van der Waals surface area (Å²) in [6, 6.07) is 9.68. The molecule has 1 heterocycles. The van der Waals surface area contributed by atoms with Gasteiger partial charge in [0.2, 0.25) is 0 Å². The van der Waals surface area contributed by atoms with Gasteiger partial charge in [0, 0.05) is 6.42 Å². The van der Waals surface area contributed by atoms with Gasteiger partial charge in [-0.1, -0.05) is 40.6 Å². The summed E-state index contributed by atoms with van der Waals surface area (Å²) in [6.45, 7) is 1.89. The number of allylic oxidation sites excluding steroid dienone is 1. The number of aliphatic hydroxyl groups excluding tert-OH is 1. The molecule has 0 saturated carbocycles. The van der Waals surface area contributed by atoms with Gasteiger partial charge in [-0.2, -0.15) is 0 Å². The van der Waals surface area contributed by atoms with Crippen LogP contribution >= 0.6 is 0 Å². The van der Waals surface area contributed by atoms with E-state index in [1.54, 1.807) is 13.0 Å². The summed E-state index contributed by atoms with van der Waals surface area (Å²) in [5.41, 5.74) is 1.01. The smallest absolute Gasteiger partial charge is 0.390 e.